The van der Waals surface area contributed by atoms with E-state index in [2.05, 4.69) is 4.98 Å². The molecule has 0 atom stereocenters. The molecule has 0 unspecified atom stereocenters. The van der Waals surface area contributed by atoms with Crippen molar-refractivity contribution in [2.75, 3.05) is 6.54 Å². The van der Waals surface area contributed by atoms with E-state index < -0.39 is 10.0 Å². The van der Waals surface area contributed by atoms with Crippen LogP contribution in [0.2, 0.25) is 5.02 Å². The summed E-state index contributed by atoms with van der Waals surface area (Å²) in [5.41, 5.74) is 6.21. The van der Waals surface area contributed by atoms with Gasteiger partial charge in [-0.1, -0.05) is 11.6 Å². The summed E-state index contributed by atoms with van der Waals surface area (Å²) in [6.07, 6.45) is 3.54. The second-order valence-electron chi connectivity index (χ2n) is 4.83. The number of sulfonamides is 1. The number of fused-ring (bicyclic) bond motifs is 1. The van der Waals surface area contributed by atoms with Crippen molar-refractivity contribution >= 4 is 21.6 Å². The van der Waals surface area contributed by atoms with Gasteiger partial charge in [-0.05, 0) is 23.8 Å². The highest BCUT2D eigenvalue weighted by atomic mass is 35.5. The number of aromatic nitrogens is 2. The molecule has 0 bridgehead atoms. The van der Waals surface area contributed by atoms with Gasteiger partial charge in [-0.3, -0.25) is 0 Å². The van der Waals surface area contributed by atoms with Crippen LogP contribution >= 0.6 is 11.6 Å². The maximum absolute atomic E-state index is 12.7. The number of nitrogens with zero attached hydrogens (tertiary/aromatic N) is 3. The highest BCUT2D eigenvalue weighted by Gasteiger charge is 2.29. The van der Waals surface area contributed by atoms with Crippen molar-refractivity contribution in [3.05, 3.63) is 47.0 Å². The Kier molecular flexibility index (Phi) is 3.75. The van der Waals surface area contributed by atoms with E-state index in [1.807, 2.05) is 10.8 Å². The summed E-state index contributed by atoms with van der Waals surface area (Å²) < 4.78 is 28.8. The molecule has 21 heavy (non-hydrogen) atoms. The Bertz CT molecular complexity index is 772. The van der Waals surface area contributed by atoms with Crippen molar-refractivity contribution in [3.8, 4) is 0 Å². The number of hydrogen-bond acceptors (Lipinski definition) is 4. The minimum atomic E-state index is -3.57. The summed E-state index contributed by atoms with van der Waals surface area (Å²) in [6.45, 7) is 1.50. The first kappa shape index (κ1) is 14.5. The van der Waals surface area contributed by atoms with Gasteiger partial charge < -0.3 is 10.3 Å². The van der Waals surface area contributed by atoms with Gasteiger partial charge in [0.1, 0.15) is 5.82 Å². The van der Waals surface area contributed by atoms with Crippen LogP contribution in [0, 0.1) is 0 Å². The first-order valence-corrected chi connectivity index (χ1v) is 8.33. The monoisotopic (exact) mass is 326 g/mol. The van der Waals surface area contributed by atoms with E-state index in [0.717, 1.165) is 5.82 Å². The zero-order valence-electron chi connectivity index (χ0n) is 11.2. The number of imidazole rings is 1. The molecule has 6 nitrogen and oxygen atoms in total. The van der Waals surface area contributed by atoms with Crippen LogP contribution < -0.4 is 5.73 Å². The Labute approximate surface area is 128 Å². The van der Waals surface area contributed by atoms with Gasteiger partial charge in [-0.2, -0.15) is 4.31 Å². The third-order valence-electron chi connectivity index (χ3n) is 3.58. The lowest BCUT2D eigenvalue weighted by Gasteiger charge is -2.27. The van der Waals surface area contributed by atoms with Crippen molar-refractivity contribution in [2.24, 2.45) is 5.73 Å². The molecule has 0 aliphatic carbocycles. The van der Waals surface area contributed by atoms with Gasteiger partial charge in [-0.15, -0.1) is 0 Å². The average Bonchev–Trinajstić information content (AvgIpc) is 2.94. The zero-order chi connectivity index (χ0) is 15.0. The minimum Gasteiger partial charge on any atom is -0.333 e. The molecule has 0 saturated heterocycles. The van der Waals surface area contributed by atoms with E-state index >= 15 is 0 Å². The van der Waals surface area contributed by atoms with Crippen molar-refractivity contribution < 1.29 is 8.42 Å². The second kappa shape index (κ2) is 5.42. The highest BCUT2D eigenvalue weighted by molar-refractivity contribution is 7.89. The third kappa shape index (κ3) is 2.57. The van der Waals surface area contributed by atoms with Crippen LogP contribution in [0.1, 0.15) is 11.4 Å². The van der Waals surface area contributed by atoms with E-state index in [-0.39, 0.29) is 18.0 Å². The second-order valence-corrected chi connectivity index (χ2v) is 7.18. The molecular weight excluding hydrogens is 312 g/mol. The molecule has 0 spiro atoms. The molecule has 0 fully saturated rings. The lowest BCUT2D eigenvalue weighted by atomic mass is 10.2. The Morgan fingerprint density at radius 1 is 1.33 bits per heavy atom. The summed E-state index contributed by atoms with van der Waals surface area (Å²) in [6, 6.07) is 4.62. The maximum atomic E-state index is 12.7. The number of rotatable bonds is 3. The van der Waals surface area contributed by atoms with Crippen molar-refractivity contribution in [2.45, 2.75) is 24.5 Å². The third-order valence-corrected chi connectivity index (χ3v) is 5.79. The van der Waals surface area contributed by atoms with Gasteiger partial charge in [0.05, 0.1) is 11.4 Å². The molecule has 1 aliphatic heterocycles. The Morgan fingerprint density at radius 3 is 2.90 bits per heavy atom. The van der Waals surface area contributed by atoms with Gasteiger partial charge in [-0.25, -0.2) is 13.4 Å². The number of hydrogen-bond donors (Lipinski definition) is 1. The van der Waals surface area contributed by atoms with E-state index in [4.69, 9.17) is 17.3 Å². The Morgan fingerprint density at radius 2 is 2.14 bits per heavy atom. The molecular formula is C13H15ClN4O2S. The fourth-order valence-electron chi connectivity index (χ4n) is 2.37. The summed E-state index contributed by atoms with van der Waals surface area (Å²) in [5, 5.41) is 0.477. The van der Waals surface area contributed by atoms with Gasteiger partial charge in [0.2, 0.25) is 10.0 Å². The molecule has 112 valence electrons. The van der Waals surface area contributed by atoms with Crippen LogP contribution in [0.4, 0.5) is 0 Å². The van der Waals surface area contributed by atoms with Crippen molar-refractivity contribution in [1.82, 2.24) is 13.9 Å². The molecule has 8 heteroatoms. The lowest BCUT2D eigenvalue weighted by molar-refractivity contribution is 0.335. The van der Waals surface area contributed by atoms with Crippen LogP contribution in [0.3, 0.4) is 0 Å². The van der Waals surface area contributed by atoms with Crippen molar-refractivity contribution in [3.63, 3.8) is 0 Å². The Hall–Kier alpha value is -1.41. The van der Waals surface area contributed by atoms with E-state index in [1.165, 1.54) is 10.4 Å². The van der Waals surface area contributed by atoms with Gasteiger partial charge in [0, 0.05) is 37.1 Å². The van der Waals surface area contributed by atoms with E-state index in [0.29, 0.717) is 23.7 Å². The van der Waals surface area contributed by atoms with Gasteiger partial charge >= 0.3 is 0 Å². The molecule has 0 saturated carbocycles. The number of halogens is 1. The van der Waals surface area contributed by atoms with E-state index in [9.17, 15) is 8.42 Å². The molecule has 1 aromatic carbocycles. The first-order valence-electron chi connectivity index (χ1n) is 6.51. The molecule has 2 N–H and O–H groups in total. The number of benzene rings is 1. The van der Waals surface area contributed by atoms with E-state index in [1.54, 1.807) is 18.3 Å². The van der Waals surface area contributed by atoms with Crippen LogP contribution in [0.15, 0.2) is 35.5 Å². The largest absolute Gasteiger partial charge is 0.333 e. The predicted molar refractivity (Wildman–Crippen MR) is 79.2 cm³/mol. The van der Waals surface area contributed by atoms with Crippen LogP contribution in [0.5, 0.6) is 0 Å². The fraction of sp³-hybridized carbons (Fsp3) is 0.308. The topological polar surface area (TPSA) is 81.2 Å². The smallest absolute Gasteiger partial charge is 0.243 e. The normalized spacial score (nSPS) is 15.9. The molecule has 2 heterocycles. The Balaban J connectivity index is 1.94. The average molecular weight is 327 g/mol. The molecule has 3 rings (SSSR count). The molecule has 1 aromatic heterocycles. The van der Waals surface area contributed by atoms with Crippen LogP contribution in [-0.2, 0) is 29.7 Å². The van der Waals surface area contributed by atoms with Crippen LogP contribution in [-0.4, -0.2) is 28.8 Å². The quantitative estimate of drug-likeness (QED) is 0.919. The predicted octanol–water partition coefficient (Wildman–Crippen LogP) is 1.20. The summed E-state index contributed by atoms with van der Waals surface area (Å²) >= 11 is 5.98. The lowest BCUT2D eigenvalue weighted by Crippen LogP contribution is -2.38. The molecule has 0 radical (unpaired) electrons. The fourth-order valence-corrected chi connectivity index (χ4v) is 4.01. The molecule has 2 aromatic rings. The van der Waals surface area contributed by atoms with Gasteiger partial charge in [0.25, 0.3) is 0 Å². The summed E-state index contributed by atoms with van der Waals surface area (Å²) in [7, 11) is -3.57. The summed E-state index contributed by atoms with van der Waals surface area (Å²) in [4.78, 5) is 4.39. The molecule has 0 amide bonds. The van der Waals surface area contributed by atoms with Crippen molar-refractivity contribution in [1.29, 1.82) is 0 Å². The highest BCUT2D eigenvalue weighted by Crippen LogP contribution is 2.25. The van der Waals surface area contributed by atoms with Gasteiger partial charge in [0.15, 0.2) is 0 Å². The maximum Gasteiger partial charge on any atom is 0.243 e. The SMILES string of the molecule is NCc1cc(S(=O)(=O)N2CCn3ccnc3C2)ccc1Cl. The summed E-state index contributed by atoms with van der Waals surface area (Å²) in [5.74, 6) is 0.748. The standard InChI is InChI=1S/C13H15ClN4O2S/c14-12-2-1-11(7-10(12)8-15)21(19,20)18-6-5-17-4-3-16-13(17)9-18/h1-4,7H,5-6,8-9,15H2. The van der Waals surface area contributed by atoms with Crippen LogP contribution in [0.25, 0.3) is 0 Å². The molecule has 1 aliphatic rings. The zero-order valence-corrected chi connectivity index (χ0v) is 12.8. The first-order chi connectivity index (χ1) is 10.0. The minimum absolute atomic E-state index is 0.201. The number of nitrogens with two attached hydrogens (primary N) is 1.